The first kappa shape index (κ1) is 24.4. The van der Waals surface area contributed by atoms with Gasteiger partial charge in [-0.15, -0.1) is 0 Å². The van der Waals surface area contributed by atoms with Gasteiger partial charge in [-0.1, -0.05) is 50.9 Å². The third kappa shape index (κ3) is 7.13. The van der Waals surface area contributed by atoms with Crippen LogP contribution in [0, 0.1) is 6.92 Å². The Morgan fingerprint density at radius 2 is 1.77 bits per heavy atom. The maximum atomic E-state index is 13.0. The molecule has 2 aromatic rings. The molecular formula is C23H28Br2N2O3. The standard InChI is InChI=1S/C23H28Br2N2O3/c1-5-16(3)26-23(29)17(4)27(13-18-6-8-19(24)9-7-18)22(28)14-30-20-10-11-21(25)15(2)12-20/h6-12,16-17H,5,13-14H2,1-4H3,(H,26,29). The molecule has 0 heterocycles. The lowest BCUT2D eigenvalue weighted by Gasteiger charge is -2.29. The Morgan fingerprint density at radius 3 is 2.37 bits per heavy atom. The predicted octanol–water partition coefficient (Wildman–Crippen LogP) is 5.23. The number of nitrogens with zero attached hydrogens (tertiary/aromatic N) is 1. The second kappa shape index (κ2) is 11.5. The van der Waals surface area contributed by atoms with Crippen LogP contribution in [-0.2, 0) is 16.1 Å². The summed E-state index contributed by atoms with van der Waals surface area (Å²) in [5, 5.41) is 2.96. The van der Waals surface area contributed by atoms with Gasteiger partial charge in [0.05, 0.1) is 0 Å². The van der Waals surface area contributed by atoms with Crippen molar-refractivity contribution in [2.45, 2.75) is 52.7 Å². The maximum Gasteiger partial charge on any atom is 0.261 e. The quantitative estimate of drug-likeness (QED) is 0.474. The topological polar surface area (TPSA) is 58.6 Å². The highest BCUT2D eigenvalue weighted by molar-refractivity contribution is 9.10. The first-order chi connectivity index (χ1) is 14.2. The van der Waals surface area contributed by atoms with Gasteiger partial charge in [-0.2, -0.15) is 0 Å². The van der Waals surface area contributed by atoms with E-state index in [1.807, 2.05) is 63.2 Å². The number of nitrogens with one attached hydrogen (secondary N) is 1. The number of benzene rings is 2. The van der Waals surface area contributed by atoms with Crippen molar-refractivity contribution < 1.29 is 14.3 Å². The molecule has 2 amide bonds. The molecule has 0 bridgehead atoms. The number of carbonyl (C=O) groups is 2. The van der Waals surface area contributed by atoms with Crippen LogP contribution in [-0.4, -0.2) is 35.4 Å². The molecule has 0 aliphatic carbocycles. The number of rotatable bonds is 9. The summed E-state index contributed by atoms with van der Waals surface area (Å²) in [4.78, 5) is 27.3. The second-order valence-electron chi connectivity index (χ2n) is 7.34. The number of halogens is 2. The molecular weight excluding hydrogens is 512 g/mol. The van der Waals surface area contributed by atoms with Gasteiger partial charge in [0.1, 0.15) is 11.8 Å². The second-order valence-corrected chi connectivity index (χ2v) is 9.11. The minimum absolute atomic E-state index is 0.0478. The minimum atomic E-state index is -0.620. The molecule has 0 fully saturated rings. The summed E-state index contributed by atoms with van der Waals surface area (Å²) in [6.07, 6.45) is 0.825. The van der Waals surface area contributed by atoms with E-state index in [1.165, 1.54) is 0 Å². The third-order valence-electron chi connectivity index (χ3n) is 4.93. The molecule has 0 aliphatic heterocycles. The fraction of sp³-hybridized carbons (Fsp3) is 0.391. The van der Waals surface area contributed by atoms with E-state index in [0.29, 0.717) is 12.3 Å². The molecule has 0 spiro atoms. The molecule has 2 aromatic carbocycles. The van der Waals surface area contributed by atoms with E-state index >= 15 is 0 Å². The van der Waals surface area contributed by atoms with E-state index in [4.69, 9.17) is 4.74 Å². The van der Waals surface area contributed by atoms with E-state index in [9.17, 15) is 9.59 Å². The van der Waals surface area contributed by atoms with Crippen LogP contribution in [0.1, 0.15) is 38.3 Å². The molecule has 7 heteroatoms. The first-order valence-corrected chi connectivity index (χ1v) is 11.5. The molecule has 0 aliphatic rings. The van der Waals surface area contributed by atoms with Gasteiger partial charge in [0.25, 0.3) is 5.91 Å². The molecule has 0 saturated carbocycles. The number of hydrogen-bond donors (Lipinski definition) is 1. The fourth-order valence-corrected chi connectivity index (χ4v) is 3.28. The average Bonchev–Trinajstić information content (AvgIpc) is 2.73. The Morgan fingerprint density at radius 1 is 1.10 bits per heavy atom. The lowest BCUT2D eigenvalue weighted by molar-refractivity contribution is -0.142. The summed E-state index contributed by atoms with van der Waals surface area (Å²) in [5.41, 5.74) is 1.96. The van der Waals surface area contributed by atoms with E-state index in [-0.39, 0.29) is 24.5 Å². The predicted molar refractivity (Wildman–Crippen MR) is 126 cm³/mol. The Labute approximate surface area is 195 Å². The third-order valence-corrected chi connectivity index (χ3v) is 6.34. The summed E-state index contributed by atoms with van der Waals surface area (Å²) in [6, 6.07) is 12.7. The van der Waals surface area contributed by atoms with E-state index < -0.39 is 6.04 Å². The number of aryl methyl sites for hydroxylation is 1. The van der Waals surface area contributed by atoms with Gasteiger partial charge in [-0.25, -0.2) is 0 Å². The number of ether oxygens (including phenoxy) is 1. The average molecular weight is 540 g/mol. The Hall–Kier alpha value is -1.86. The lowest BCUT2D eigenvalue weighted by Crippen LogP contribution is -2.50. The van der Waals surface area contributed by atoms with Crippen LogP contribution in [0.5, 0.6) is 5.75 Å². The number of carbonyl (C=O) groups excluding carboxylic acids is 2. The Balaban J connectivity index is 2.15. The van der Waals surface area contributed by atoms with Crippen LogP contribution in [0.15, 0.2) is 51.4 Å². The van der Waals surface area contributed by atoms with E-state index in [2.05, 4.69) is 37.2 Å². The van der Waals surface area contributed by atoms with Crippen LogP contribution >= 0.6 is 31.9 Å². The van der Waals surface area contributed by atoms with Gasteiger partial charge < -0.3 is 15.0 Å². The fourth-order valence-electron chi connectivity index (χ4n) is 2.77. The van der Waals surface area contributed by atoms with Gasteiger partial charge in [-0.05, 0) is 68.7 Å². The molecule has 162 valence electrons. The summed E-state index contributed by atoms with van der Waals surface area (Å²) < 4.78 is 7.66. The van der Waals surface area contributed by atoms with Crippen molar-refractivity contribution in [2.75, 3.05) is 6.61 Å². The van der Waals surface area contributed by atoms with Crippen molar-refractivity contribution in [2.24, 2.45) is 0 Å². The molecule has 0 saturated heterocycles. The van der Waals surface area contributed by atoms with Crippen LogP contribution in [0.4, 0.5) is 0 Å². The molecule has 5 nitrogen and oxygen atoms in total. The zero-order chi connectivity index (χ0) is 22.3. The molecule has 2 unspecified atom stereocenters. The van der Waals surface area contributed by atoms with Crippen molar-refractivity contribution in [3.8, 4) is 5.75 Å². The lowest BCUT2D eigenvalue weighted by atomic mass is 10.1. The van der Waals surface area contributed by atoms with Gasteiger partial charge in [0, 0.05) is 21.5 Å². The highest BCUT2D eigenvalue weighted by Crippen LogP contribution is 2.22. The summed E-state index contributed by atoms with van der Waals surface area (Å²) >= 11 is 6.88. The molecule has 2 atom stereocenters. The smallest absolute Gasteiger partial charge is 0.261 e. The summed E-state index contributed by atoms with van der Waals surface area (Å²) in [6.45, 7) is 7.85. The molecule has 1 N–H and O–H groups in total. The summed E-state index contributed by atoms with van der Waals surface area (Å²) in [5.74, 6) is 0.198. The van der Waals surface area contributed by atoms with Gasteiger partial charge >= 0.3 is 0 Å². The first-order valence-electron chi connectivity index (χ1n) is 9.94. The zero-order valence-electron chi connectivity index (χ0n) is 17.7. The van der Waals surface area contributed by atoms with Crippen molar-refractivity contribution in [3.05, 3.63) is 62.5 Å². The number of amides is 2. The Kier molecular flexibility index (Phi) is 9.37. The van der Waals surface area contributed by atoms with Crippen LogP contribution < -0.4 is 10.1 Å². The van der Waals surface area contributed by atoms with Gasteiger partial charge in [-0.3, -0.25) is 9.59 Å². The maximum absolute atomic E-state index is 13.0. The SMILES string of the molecule is CCC(C)NC(=O)C(C)N(Cc1ccc(Br)cc1)C(=O)COc1ccc(Br)c(C)c1. The monoisotopic (exact) mass is 538 g/mol. The Bertz CT molecular complexity index is 871. The van der Waals surface area contributed by atoms with Gasteiger partial charge in [0.15, 0.2) is 6.61 Å². The van der Waals surface area contributed by atoms with Crippen molar-refractivity contribution in [1.29, 1.82) is 0 Å². The highest BCUT2D eigenvalue weighted by atomic mass is 79.9. The largest absolute Gasteiger partial charge is 0.484 e. The van der Waals surface area contributed by atoms with Crippen molar-refractivity contribution >= 4 is 43.7 Å². The highest BCUT2D eigenvalue weighted by Gasteiger charge is 2.27. The van der Waals surface area contributed by atoms with E-state index in [1.54, 1.807) is 11.8 Å². The van der Waals surface area contributed by atoms with Gasteiger partial charge in [0.2, 0.25) is 5.91 Å². The normalized spacial score (nSPS) is 12.7. The minimum Gasteiger partial charge on any atom is -0.484 e. The van der Waals surface area contributed by atoms with Crippen molar-refractivity contribution in [1.82, 2.24) is 10.2 Å². The van der Waals surface area contributed by atoms with Crippen LogP contribution in [0.3, 0.4) is 0 Å². The van der Waals surface area contributed by atoms with E-state index in [0.717, 1.165) is 26.5 Å². The molecule has 30 heavy (non-hydrogen) atoms. The zero-order valence-corrected chi connectivity index (χ0v) is 20.9. The summed E-state index contributed by atoms with van der Waals surface area (Å²) in [7, 11) is 0. The molecule has 0 aromatic heterocycles. The van der Waals surface area contributed by atoms with Crippen molar-refractivity contribution in [3.63, 3.8) is 0 Å². The molecule has 2 rings (SSSR count). The van der Waals surface area contributed by atoms with Crippen LogP contribution in [0.2, 0.25) is 0 Å². The molecule has 0 radical (unpaired) electrons. The van der Waals surface area contributed by atoms with Crippen LogP contribution in [0.25, 0.3) is 0 Å². The number of hydrogen-bond acceptors (Lipinski definition) is 3.